The lowest BCUT2D eigenvalue weighted by Crippen LogP contribution is -1.95. The van der Waals surface area contributed by atoms with Gasteiger partial charge in [0.15, 0.2) is 5.65 Å². The predicted octanol–water partition coefficient (Wildman–Crippen LogP) is 4.22. The predicted molar refractivity (Wildman–Crippen MR) is 89.4 cm³/mol. The molecule has 106 valence electrons. The van der Waals surface area contributed by atoms with E-state index in [0.717, 1.165) is 32.6 Å². The average molecular weight is 351 g/mol. The second-order valence-corrected chi connectivity index (χ2v) is 5.79. The second-order valence-electron chi connectivity index (χ2n) is 4.87. The smallest absolute Gasteiger partial charge is 0.156 e. The monoisotopic (exact) mass is 350 g/mol. The number of hydrogen-bond acceptors (Lipinski definition) is 3. The molecule has 0 fully saturated rings. The number of halogens is 1. The molecule has 0 saturated carbocycles. The van der Waals surface area contributed by atoms with E-state index in [0.29, 0.717) is 0 Å². The van der Waals surface area contributed by atoms with E-state index in [2.05, 4.69) is 38.0 Å². The van der Waals surface area contributed by atoms with Gasteiger partial charge in [-0.1, -0.05) is 28.1 Å². The number of rotatable bonds is 2. The van der Waals surface area contributed by atoms with Crippen molar-refractivity contribution in [2.75, 3.05) is 0 Å². The Morgan fingerprint density at radius 3 is 2.36 bits per heavy atom. The Morgan fingerprint density at radius 2 is 1.59 bits per heavy atom. The molecular weight excluding hydrogens is 340 g/mol. The van der Waals surface area contributed by atoms with Crippen molar-refractivity contribution >= 4 is 21.6 Å². The topological polar surface area (TPSA) is 43.1 Å². The quantitative estimate of drug-likeness (QED) is 0.543. The van der Waals surface area contributed by atoms with Crippen LogP contribution in [-0.2, 0) is 0 Å². The van der Waals surface area contributed by atoms with Gasteiger partial charge in [-0.05, 0) is 30.3 Å². The van der Waals surface area contributed by atoms with Gasteiger partial charge in [-0.15, -0.1) is 0 Å². The van der Waals surface area contributed by atoms with Gasteiger partial charge in [-0.3, -0.25) is 4.98 Å². The highest BCUT2D eigenvalue weighted by Gasteiger charge is 2.09. The summed E-state index contributed by atoms with van der Waals surface area (Å²) in [7, 11) is 0. The number of pyridine rings is 1. The molecule has 4 aromatic rings. The van der Waals surface area contributed by atoms with Crippen LogP contribution in [0.4, 0.5) is 0 Å². The molecule has 4 rings (SSSR count). The van der Waals surface area contributed by atoms with Gasteiger partial charge in [-0.2, -0.15) is 5.10 Å². The van der Waals surface area contributed by atoms with Crippen LogP contribution in [0.2, 0.25) is 0 Å². The van der Waals surface area contributed by atoms with E-state index in [1.54, 1.807) is 12.4 Å². The first-order valence-corrected chi connectivity index (χ1v) is 7.62. The van der Waals surface area contributed by atoms with Gasteiger partial charge in [0, 0.05) is 40.3 Å². The first kappa shape index (κ1) is 13.2. The lowest BCUT2D eigenvalue weighted by molar-refractivity contribution is 0.951. The highest BCUT2D eigenvalue weighted by atomic mass is 79.9. The fourth-order valence-electron chi connectivity index (χ4n) is 2.40. The maximum atomic E-state index is 4.70. The third-order valence-electron chi connectivity index (χ3n) is 3.47. The molecule has 0 aliphatic carbocycles. The molecule has 3 aromatic heterocycles. The van der Waals surface area contributed by atoms with Crippen LogP contribution in [0, 0.1) is 0 Å². The molecule has 0 aliphatic rings. The first-order chi connectivity index (χ1) is 10.8. The van der Waals surface area contributed by atoms with Crippen molar-refractivity contribution in [2.45, 2.75) is 0 Å². The minimum Gasteiger partial charge on any atom is -0.265 e. The van der Waals surface area contributed by atoms with E-state index in [1.165, 1.54) is 0 Å². The number of fused-ring (bicyclic) bond motifs is 1. The molecule has 1 aromatic carbocycles. The summed E-state index contributed by atoms with van der Waals surface area (Å²) in [4.78, 5) is 8.45. The second kappa shape index (κ2) is 5.35. The highest BCUT2D eigenvalue weighted by molar-refractivity contribution is 9.10. The van der Waals surface area contributed by atoms with Crippen LogP contribution in [0.25, 0.3) is 28.2 Å². The van der Waals surface area contributed by atoms with Crippen LogP contribution < -0.4 is 0 Å². The third kappa shape index (κ3) is 2.29. The van der Waals surface area contributed by atoms with E-state index < -0.39 is 0 Å². The molecular formula is C17H11BrN4. The van der Waals surface area contributed by atoms with Crippen LogP contribution in [0.3, 0.4) is 0 Å². The van der Waals surface area contributed by atoms with Crippen molar-refractivity contribution in [3.8, 4) is 22.5 Å². The Kier molecular flexibility index (Phi) is 3.20. The lowest BCUT2D eigenvalue weighted by atomic mass is 10.1. The summed E-state index contributed by atoms with van der Waals surface area (Å²) < 4.78 is 2.93. The highest BCUT2D eigenvalue weighted by Crippen LogP contribution is 2.24. The zero-order valence-electron chi connectivity index (χ0n) is 11.5. The van der Waals surface area contributed by atoms with Crippen molar-refractivity contribution in [1.29, 1.82) is 0 Å². The Labute approximate surface area is 135 Å². The fourth-order valence-corrected chi connectivity index (χ4v) is 2.66. The maximum absolute atomic E-state index is 4.70. The van der Waals surface area contributed by atoms with Crippen molar-refractivity contribution in [2.24, 2.45) is 0 Å². The normalized spacial score (nSPS) is 11.0. The van der Waals surface area contributed by atoms with Gasteiger partial charge in [0.25, 0.3) is 0 Å². The molecule has 0 spiro atoms. The van der Waals surface area contributed by atoms with Crippen LogP contribution in [0.15, 0.2) is 71.6 Å². The van der Waals surface area contributed by atoms with Gasteiger partial charge in [-0.25, -0.2) is 9.50 Å². The van der Waals surface area contributed by atoms with Gasteiger partial charge in [0.05, 0.1) is 11.4 Å². The van der Waals surface area contributed by atoms with Gasteiger partial charge in [0.1, 0.15) is 0 Å². The molecule has 3 heterocycles. The van der Waals surface area contributed by atoms with E-state index >= 15 is 0 Å². The molecule has 4 nitrogen and oxygen atoms in total. The molecule has 0 unspecified atom stereocenters. The lowest BCUT2D eigenvalue weighted by Gasteiger charge is -2.04. The molecule has 0 bridgehead atoms. The summed E-state index contributed by atoms with van der Waals surface area (Å²) >= 11 is 3.46. The SMILES string of the molecule is Brc1ccc(-c2ccnc3cc(-c4ccncc4)nn23)cc1. The Hall–Kier alpha value is -2.53. The standard InChI is InChI=1S/C17H11BrN4/c18-14-3-1-13(2-4-14)16-7-10-20-17-11-15(21-22(16)17)12-5-8-19-9-6-12/h1-11H. The van der Waals surface area contributed by atoms with E-state index in [-0.39, 0.29) is 0 Å². The summed E-state index contributed by atoms with van der Waals surface area (Å²) in [6, 6.07) is 16.0. The van der Waals surface area contributed by atoms with Gasteiger partial charge in [0.2, 0.25) is 0 Å². The molecule has 0 amide bonds. The largest absolute Gasteiger partial charge is 0.265 e. The summed E-state index contributed by atoms with van der Waals surface area (Å²) in [5.41, 5.74) is 4.85. The number of nitrogens with zero attached hydrogens (tertiary/aromatic N) is 4. The molecule has 0 aliphatic heterocycles. The summed E-state index contributed by atoms with van der Waals surface area (Å²) in [6.07, 6.45) is 5.34. The molecule has 0 radical (unpaired) electrons. The summed E-state index contributed by atoms with van der Waals surface area (Å²) in [6.45, 7) is 0. The first-order valence-electron chi connectivity index (χ1n) is 6.82. The van der Waals surface area contributed by atoms with Crippen molar-refractivity contribution in [1.82, 2.24) is 19.6 Å². The zero-order chi connectivity index (χ0) is 14.9. The number of hydrogen-bond donors (Lipinski definition) is 0. The Balaban J connectivity index is 1.90. The van der Waals surface area contributed by atoms with E-state index in [4.69, 9.17) is 5.10 Å². The Morgan fingerprint density at radius 1 is 0.818 bits per heavy atom. The van der Waals surface area contributed by atoms with E-state index in [9.17, 15) is 0 Å². The zero-order valence-corrected chi connectivity index (χ0v) is 13.1. The molecule has 22 heavy (non-hydrogen) atoms. The Bertz CT molecular complexity index is 930. The third-order valence-corrected chi connectivity index (χ3v) is 4.00. The minimum absolute atomic E-state index is 0.826. The van der Waals surface area contributed by atoms with Crippen molar-refractivity contribution < 1.29 is 0 Å². The molecule has 0 atom stereocenters. The molecule has 5 heteroatoms. The van der Waals surface area contributed by atoms with Crippen LogP contribution in [-0.4, -0.2) is 19.6 Å². The number of benzene rings is 1. The maximum Gasteiger partial charge on any atom is 0.156 e. The van der Waals surface area contributed by atoms with Crippen molar-refractivity contribution in [3.05, 3.63) is 71.6 Å². The van der Waals surface area contributed by atoms with Crippen molar-refractivity contribution in [3.63, 3.8) is 0 Å². The summed E-state index contributed by atoms with van der Waals surface area (Å²) in [5.74, 6) is 0. The van der Waals surface area contributed by atoms with Gasteiger partial charge < -0.3 is 0 Å². The minimum atomic E-state index is 0.826. The molecule has 0 N–H and O–H groups in total. The van der Waals surface area contributed by atoms with Crippen LogP contribution in [0.5, 0.6) is 0 Å². The van der Waals surface area contributed by atoms with Crippen LogP contribution >= 0.6 is 15.9 Å². The average Bonchev–Trinajstić information content (AvgIpc) is 3.01. The van der Waals surface area contributed by atoms with E-state index in [1.807, 2.05) is 47.1 Å². The van der Waals surface area contributed by atoms with Gasteiger partial charge >= 0.3 is 0 Å². The number of aromatic nitrogens is 4. The molecule has 0 saturated heterocycles. The fraction of sp³-hybridized carbons (Fsp3) is 0. The summed E-state index contributed by atoms with van der Waals surface area (Å²) in [5, 5.41) is 4.70. The van der Waals surface area contributed by atoms with Crippen LogP contribution in [0.1, 0.15) is 0 Å².